The first-order chi connectivity index (χ1) is 8.92. The Kier molecular flexibility index (Phi) is 9.03. The molecule has 19 heavy (non-hydrogen) atoms. The van der Waals surface area contributed by atoms with E-state index in [1.54, 1.807) is 13.8 Å². The summed E-state index contributed by atoms with van der Waals surface area (Å²) in [6, 6.07) is -1.39. The number of esters is 2. The molecular formula is C12H21NO5S. The molecule has 0 atom stereocenters. The monoisotopic (exact) mass is 291 g/mol. The van der Waals surface area contributed by atoms with Gasteiger partial charge < -0.3 is 14.8 Å². The highest BCUT2D eigenvalue weighted by Gasteiger charge is 2.31. The maximum absolute atomic E-state index is 11.6. The first-order valence-electron chi connectivity index (χ1n) is 6.16. The number of thioether (sulfide) groups is 1. The summed E-state index contributed by atoms with van der Waals surface area (Å²) in [5.74, 6) is -1.83. The van der Waals surface area contributed by atoms with E-state index in [9.17, 15) is 14.4 Å². The van der Waals surface area contributed by atoms with Crippen molar-refractivity contribution < 1.29 is 23.9 Å². The molecule has 0 bridgehead atoms. The lowest BCUT2D eigenvalue weighted by Crippen LogP contribution is -2.48. The standard InChI is InChI=1S/C12H21NO5S/c1-5-17-11(15)10(12(16)18-6-2)13-9(14)7-19-8(3)4/h8,10H,5-7H2,1-4H3,(H,13,14). The Morgan fingerprint density at radius 3 is 1.89 bits per heavy atom. The third-order valence-corrected chi connectivity index (χ3v) is 2.99. The van der Waals surface area contributed by atoms with Gasteiger partial charge in [0.05, 0.1) is 19.0 Å². The Labute approximate surface area is 117 Å². The molecule has 1 amide bonds. The molecule has 7 heteroatoms. The van der Waals surface area contributed by atoms with Gasteiger partial charge in [0, 0.05) is 0 Å². The van der Waals surface area contributed by atoms with Gasteiger partial charge in [0.15, 0.2) is 0 Å². The molecule has 0 saturated carbocycles. The topological polar surface area (TPSA) is 81.7 Å². The van der Waals surface area contributed by atoms with Crippen molar-refractivity contribution in [3.8, 4) is 0 Å². The lowest BCUT2D eigenvalue weighted by Gasteiger charge is -2.16. The zero-order valence-corrected chi connectivity index (χ0v) is 12.5. The summed E-state index contributed by atoms with van der Waals surface area (Å²) in [4.78, 5) is 34.8. The highest BCUT2D eigenvalue weighted by atomic mass is 32.2. The first-order valence-corrected chi connectivity index (χ1v) is 7.21. The molecule has 0 saturated heterocycles. The van der Waals surface area contributed by atoms with E-state index in [2.05, 4.69) is 5.32 Å². The van der Waals surface area contributed by atoms with Crippen LogP contribution in [-0.2, 0) is 23.9 Å². The molecule has 0 spiro atoms. The minimum atomic E-state index is -1.39. The van der Waals surface area contributed by atoms with Crippen molar-refractivity contribution in [3.05, 3.63) is 0 Å². The van der Waals surface area contributed by atoms with Crippen LogP contribution in [0.25, 0.3) is 0 Å². The molecule has 0 unspecified atom stereocenters. The number of hydrogen-bond donors (Lipinski definition) is 1. The van der Waals surface area contributed by atoms with E-state index in [0.29, 0.717) is 0 Å². The minimum Gasteiger partial charge on any atom is -0.464 e. The van der Waals surface area contributed by atoms with Gasteiger partial charge >= 0.3 is 11.9 Å². The Balaban J connectivity index is 4.53. The van der Waals surface area contributed by atoms with Gasteiger partial charge in [-0.25, -0.2) is 9.59 Å². The number of carbonyl (C=O) groups is 3. The van der Waals surface area contributed by atoms with Crippen molar-refractivity contribution in [2.24, 2.45) is 0 Å². The lowest BCUT2D eigenvalue weighted by molar-refractivity contribution is -0.159. The fourth-order valence-corrected chi connectivity index (χ4v) is 1.68. The van der Waals surface area contributed by atoms with Crippen molar-refractivity contribution in [2.45, 2.75) is 39.0 Å². The van der Waals surface area contributed by atoms with Crippen molar-refractivity contribution in [2.75, 3.05) is 19.0 Å². The van der Waals surface area contributed by atoms with Crippen LogP contribution in [0.15, 0.2) is 0 Å². The molecule has 0 aliphatic heterocycles. The molecule has 0 aliphatic rings. The van der Waals surface area contributed by atoms with Gasteiger partial charge in [0.1, 0.15) is 0 Å². The van der Waals surface area contributed by atoms with E-state index in [1.807, 2.05) is 13.8 Å². The van der Waals surface area contributed by atoms with Gasteiger partial charge in [0.25, 0.3) is 0 Å². The summed E-state index contributed by atoms with van der Waals surface area (Å²) in [6.45, 7) is 7.40. The van der Waals surface area contributed by atoms with E-state index in [1.165, 1.54) is 11.8 Å². The summed E-state index contributed by atoms with van der Waals surface area (Å²) in [6.07, 6.45) is 0. The Hall–Kier alpha value is -1.24. The van der Waals surface area contributed by atoms with Gasteiger partial charge in [-0.15, -0.1) is 11.8 Å². The first kappa shape index (κ1) is 17.8. The molecule has 0 heterocycles. The van der Waals surface area contributed by atoms with Crippen LogP contribution in [-0.4, -0.2) is 48.1 Å². The highest BCUT2D eigenvalue weighted by molar-refractivity contribution is 8.00. The number of nitrogens with one attached hydrogen (secondary N) is 1. The summed E-state index contributed by atoms with van der Waals surface area (Å²) >= 11 is 1.42. The molecule has 0 radical (unpaired) electrons. The fraction of sp³-hybridized carbons (Fsp3) is 0.750. The maximum Gasteiger partial charge on any atom is 0.340 e. The normalized spacial score (nSPS) is 10.4. The summed E-state index contributed by atoms with van der Waals surface area (Å²) in [5.41, 5.74) is 0. The quantitative estimate of drug-likeness (QED) is 0.525. The predicted octanol–water partition coefficient (Wildman–Crippen LogP) is 0.739. The van der Waals surface area contributed by atoms with Crippen LogP contribution < -0.4 is 5.32 Å². The average Bonchev–Trinajstić information content (AvgIpc) is 2.33. The van der Waals surface area contributed by atoms with Crippen LogP contribution >= 0.6 is 11.8 Å². The van der Waals surface area contributed by atoms with E-state index in [-0.39, 0.29) is 24.2 Å². The second-order valence-electron chi connectivity index (χ2n) is 3.86. The number of ether oxygens (including phenoxy) is 2. The minimum absolute atomic E-state index is 0.130. The van der Waals surface area contributed by atoms with Crippen LogP contribution in [0.3, 0.4) is 0 Å². The molecule has 0 aromatic rings. The fourth-order valence-electron chi connectivity index (χ4n) is 1.11. The average molecular weight is 291 g/mol. The van der Waals surface area contributed by atoms with Gasteiger partial charge in [-0.05, 0) is 19.1 Å². The summed E-state index contributed by atoms with van der Waals surface area (Å²) < 4.78 is 9.47. The second-order valence-corrected chi connectivity index (χ2v) is 5.43. The largest absolute Gasteiger partial charge is 0.464 e. The lowest BCUT2D eigenvalue weighted by atomic mass is 10.3. The van der Waals surface area contributed by atoms with Crippen LogP contribution in [0.2, 0.25) is 0 Å². The van der Waals surface area contributed by atoms with Crippen LogP contribution in [0.4, 0.5) is 0 Å². The molecule has 0 aromatic carbocycles. The molecule has 0 rings (SSSR count). The summed E-state index contributed by atoms with van der Waals surface area (Å²) in [5, 5.41) is 2.62. The number of carbonyl (C=O) groups excluding carboxylic acids is 3. The van der Waals surface area contributed by atoms with Crippen molar-refractivity contribution in [1.82, 2.24) is 5.32 Å². The van der Waals surface area contributed by atoms with Gasteiger partial charge in [-0.2, -0.15) is 0 Å². The Morgan fingerprint density at radius 2 is 1.53 bits per heavy atom. The van der Waals surface area contributed by atoms with E-state index < -0.39 is 23.9 Å². The predicted molar refractivity (Wildman–Crippen MR) is 72.8 cm³/mol. The highest BCUT2D eigenvalue weighted by Crippen LogP contribution is 2.08. The molecule has 6 nitrogen and oxygen atoms in total. The molecule has 1 N–H and O–H groups in total. The van der Waals surface area contributed by atoms with Crippen LogP contribution in [0.1, 0.15) is 27.7 Å². The van der Waals surface area contributed by atoms with Crippen LogP contribution in [0, 0.1) is 0 Å². The van der Waals surface area contributed by atoms with E-state index in [4.69, 9.17) is 9.47 Å². The van der Waals surface area contributed by atoms with Crippen molar-refractivity contribution in [3.63, 3.8) is 0 Å². The van der Waals surface area contributed by atoms with Crippen molar-refractivity contribution in [1.29, 1.82) is 0 Å². The SMILES string of the molecule is CCOC(=O)C(NC(=O)CSC(C)C)C(=O)OCC. The second kappa shape index (κ2) is 9.66. The van der Waals surface area contributed by atoms with Crippen molar-refractivity contribution >= 4 is 29.6 Å². The Morgan fingerprint density at radius 1 is 1.05 bits per heavy atom. The molecule has 0 aliphatic carbocycles. The number of amides is 1. The van der Waals surface area contributed by atoms with E-state index in [0.717, 1.165) is 0 Å². The smallest absolute Gasteiger partial charge is 0.340 e. The van der Waals surface area contributed by atoms with Gasteiger partial charge in [0.2, 0.25) is 11.9 Å². The number of hydrogen-bond acceptors (Lipinski definition) is 6. The third kappa shape index (κ3) is 7.71. The number of rotatable bonds is 8. The van der Waals surface area contributed by atoms with Gasteiger partial charge in [-0.3, -0.25) is 4.79 Å². The zero-order valence-electron chi connectivity index (χ0n) is 11.7. The van der Waals surface area contributed by atoms with Gasteiger partial charge in [-0.1, -0.05) is 13.8 Å². The molecule has 0 fully saturated rings. The Bertz CT molecular complexity index is 301. The maximum atomic E-state index is 11.6. The molecule has 110 valence electrons. The van der Waals surface area contributed by atoms with Crippen LogP contribution in [0.5, 0.6) is 0 Å². The molecule has 0 aromatic heterocycles. The zero-order chi connectivity index (χ0) is 14.8. The summed E-state index contributed by atoms with van der Waals surface area (Å²) in [7, 11) is 0. The molecular weight excluding hydrogens is 270 g/mol. The third-order valence-electron chi connectivity index (χ3n) is 1.90. The van der Waals surface area contributed by atoms with E-state index >= 15 is 0 Å².